The van der Waals surface area contributed by atoms with E-state index in [0.29, 0.717) is 12.1 Å². The van der Waals surface area contributed by atoms with Gasteiger partial charge in [-0.15, -0.1) is 11.6 Å². The summed E-state index contributed by atoms with van der Waals surface area (Å²) < 4.78 is 8.77. The fraction of sp³-hybridized carbons (Fsp3) is 0.571. The maximum Gasteiger partial charge on any atom is 0.160 e. The third-order valence-electron chi connectivity index (χ3n) is 3.72. The number of alkyl halides is 1. The normalized spacial score (nSPS) is 23.8. The first-order valence-electron chi connectivity index (χ1n) is 6.89. The first kappa shape index (κ1) is 14.3. The smallest absolute Gasteiger partial charge is 0.160 e. The number of aromatic nitrogens is 3. The average Bonchev–Trinajstić information content (AvgIpc) is 2.71. The summed E-state index contributed by atoms with van der Waals surface area (Å²) in [6.45, 7) is 4.75. The SMILES string of the molecule is CCOC1CC(n2c(C(C)Cl)nc3cc(Br)cnc32)C1. The van der Waals surface area contributed by atoms with Gasteiger partial charge in [0.15, 0.2) is 5.65 Å². The fourth-order valence-corrected chi connectivity index (χ4v) is 3.21. The van der Waals surface area contributed by atoms with Crippen LogP contribution < -0.4 is 0 Å². The van der Waals surface area contributed by atoms with Gasteiger partial charge in [-0.1, -0.05) is 0 Å². The van der Waals surface area contributed by atoms with Crippen LogP contribution in [0, 0.1) is 0 Å². The number of hydrogen-bond acceptors (Lipinski definition) is 3. The molecule has 2 aromatic heterocycles. The minimum Gasteiger partial charge on any atom is -0.378 e. The van der Waals surface area contributed by atoms with E-state index >= 15 is 0 Å². The molecule has 0 saturated heterocycles. The van der Waals surface area contributed by atoms with E-state index in [1.165, 1.54) is 0 Å². The van der Waals surface area contributed by atoms with Crippen molar-refractivity contribution in [3.8, 4) is 0 Å². The number of imidazole rings is 1. The van der Waals surface area contributed by atoms with E-state index in [1.54, 1.807) is 0 Å². The van der Waals surface area contributed by atoms with Crippen LogP contribution in [-0.2, 0) is 4.74 Å². The number of fused-ring (bicyclic) bond motifs is 1. The quantitative estimate of drug-likeness (QED) is 0.768. The van der Waals surface area contributed by atoms with E-state index in [1.807, 2.05) is 26.1 Å². The average molecular weight is 359 g/mol. The van der Waals surface area contributed by atoms with Crippen LogP contribution in [0.15, 0.2) is 16.7 Å². The van der Waals surface area contributed by atoms with Crippen molar-refractivity contribution in [1.29, 1.82) is 0 Å². The maximum atomic E-state index is 6.29. The van der Waals surface area contributed by atoms with Crippen molar-refractivity contribution < 1.29 is 4.74 Å². The maximum absolute atomic E-state index is 6.29. The Morgan fingerprint density at radius 2 is 2.30 bits per heavy atom. The van der Waals surface area contributed by atoms with E-state index in [9.17, 15) is 0 Å². The number of ether oxygens (including phenoxy) is 1. The number of nitrogens with zero attached hydrogens (tertiary/aromatic N) is 3. The van der Waals surface area contributed by atoms with Crippen LogP contribution in [0.1, 0.15) is 43.9 Å². The highest BCUT2D eigenvalue weighted by Gasteiger charge is 2.34. The molecule has 108 valence electrons. The largest absolute Gasteiger partial charge is 0.378 e. The second-order valence-electron chi connectivity index (χ2n) is 5.15. The van der Waals surface area contributed by atoms with Crippen LogP contribution in [0.25, 0.3) is 11.2 Å². The predicted molar refractivity (Wildman–Crippen MR) is 83.2 cm³/mol. The van der Waals surface area contributed by atoms with Crippen LogP contribution >= 0.6 is 27.5 Å². The molecule has 1 aliphatic carbocycles. The summed E-state index contributed by atoms with van der Waals surface area (Å²) >= 11 is 9.72. The van der Waals surface area contributed by atoms with Crippen molar-refractivity contribution in [3.05, 3.63) is 22.6 Å². The van der Waals surface area contributed by atoms with E-state index < -0.39 is 0 Å². The Morgan fingerprint density at radius 3 is 2.95 bits per heavy atom. The first-order valence-corrected chi connectivity index (χ1v) is 8.12. The van der Waals surface area contributed by atoms with E-state index in [4.69, 9.17) is 16.3 Å². The zero-order valence-corrected chi connectivity index (χ0v) is 13.9. The highest BCUT2D eigenvalue weighted by atomic mass is 79.9. The first-order chi connectivity index (χ1) is 9.60. The van der Waals surface area contributed by atoms with Gasteiger partial charge in [-0.25, -0.2) is 9.97 Å². The highest BCUT2D eigenvalue weighted by Crippen LogP contribution is 2.39. The molecule has 0 N–H and O–H groups in total. The third-order valence-corrected chi connectivity index (χ3v) is 4.35. The minimum atomic E-state index is -0.130. The van der Waals surface area contributed by atoms with Gasteiger partial charge < -0.3 is 9.30 Å². The Hall–Kier alpha value is -0.650. The van der Waals surface area contributed by atoms with Crippen molar-refractivity contribution in [2.45, 2.75) is 44.2 Å². The molecule has 0 aliphatic heterocycles. The van der Waals surface area contributed by atoms with Crippen LogP contribution in [0.4, 0.5) is 0 Å². The molecule has 1 unspecified atom stereocenters. The zero-order chi connectivity index (χ0) is 14.3. The van der Waals surface area contributed by atoms with Crippen LogP contribution in [0.2, 0.25) is 0 Å². The zero-order valence-electron chi connectivity index (χ0n) is 11.5. The summed E-state index contributed by atoms with van der Waals surface area (Å²) in [4.78, 5) is 9.16. The molecule has 6 heteroatoms. The summed E-state index contributed by atoms with van der Waals surface area (Å²) in [6.07, 6.45) is 4.18. The Bertz CT molecular complexity index is 622. The predicted octanol–water partition coefficient (Wildman–Crippen LogP) is 4.23. The minimum absolute atomic E-state index is 0.130. The Kier molecular flexibility index (Phi) is 4.02. The van der Waals surface area contributed by atoms with Gasteiger partial charge in [-0.05, 0) is 48.7 Å². The van der Waals surface area contributed by atoms with Crippen LogP contribution in [-0.4, -0.2) is 27.2 Å². The second-order valence-corrected chi connectivity index (χ2v) is 6.73. The monoisotopic (exact) mass is 357 g/mol. The van der Waals surface area contributed by atoms with Crippen molar-refractivity contribution in [3.63, 3.8) is 0 Å². The van der Waals surface area contributed by atoms with Crippen molar-refractivity contribution in [1.82, 2.24) is 14.5 Å². The number of hydrogen-bond donors (Lipinski definition) is 0. The molecule has 1 saturated carbocycles. The summed E-state index contributed by atoms with van der Waals surface area (Å²) in [5, 5.41) is -0.130. The summed E-state index contributed by atoms with van der Waals surface area (Å²) in [5.41, 5.74) is 1.80. The Morgan fingerprint density at radius 1 is 1.55 bits per heavy atom. The Labute approximate surface area is 131 Å². The topological polar surface area (TPSA) is 39.9 Å². The number of rotatable bonds is 4. The molecular weight excluding hydrogens is 342 g/mol. The van der Waals surface area contributed by atoms with Gasteiger partial charge in [0, 0.05) is 23.3 Å². The molecule has 0 aromatic carbocycles. The number of pyridine rings is 1. The van der Waals surface area contributed by atoms with Gasteiger partial charge in [0.1, 0.15) is 11.3 Å². The molecular formula is C14H17BrClN3O. The van der Waals surface area contributed by atoms with Gasteiger partial charge >= 0.3 is 0 Å². The fourth-order valence-electron chi connectivity index (χ4n) is 2.74. The molecule has 1 atom stereocenters. The van der Waals surface area contributed by atoms with Gasteiger partial charge in [0.25, 0.3) is 0 Å². The Balaban J connectivity index is 1.98. The van der Waals surface area contributed by atoms with Crippen molar-refractivity contribution in [2.24, 2.45) is 0 Å². The van der Waals surface area contributed by atoms with E-state index in [2.05, 4.69) is 30.5 Å². The molecule has 1 fully saturated rings. The lowest BCUT2D eigenvalue weighted by Crippen LogP contribution is -2.34. The lowest BCUT2D eigenvalue weighted by Gasteiger charge is -2.36. The summed E-state index contributed by atoms with van der Waals surface area (Å²) in [5.74, 6) is 0.896. The lowest BCUT2D eigenvalue weighted by atomic mass is 9.88. The van der Waals surface area contributed by atoms with Gasteiger partial charge in [0.05, 0.1) is 11.5 Å². The third kappa shape index (κ3) is 2.47. The van der Waals surface area contributed by atoms with Crippen molar-refractivity contribution in [2.75, 3.05) is 6.61 Å². The molecule has 20 heavy (non-hydrogen) atoms. The van der Waals surface area contributed by atoms with Crippen LogP contribution in [0.3, 0.4) is 0 Å². The molecule has 1 aliphatic rings. The molecule has 3 rings (SSSR count). The van der Waals surface area contributed by atoms with E-state index in [0.717, 1.165) is 40.9 Å². The van der Waals surface area contributed by atoms with Crippen molar-refractivity contribution >= 4 is 38.7 Å². The van der Waals surface area contributed by atoms with E-state index in [-0.39, 0.29) is 5.38 Å². The summed E-state index contributed by atoms with van der Waals surface area (Å²) in [7, 11) is 0. The summed E-state index contributed by atoms with van der Waals surface area (Å²) in [6, 6.07) is 2.38. The van der Waals surface area contributed by atoms with Gasteiger partial charge in [0.2, 0.25) is 0 Å². The highest BCUT2D eigenvalue weighted by molar-refractivity contribution is 9.10. The lowest BCUT2D eigenvalue weighted by molar-refractivity contribution is -0.0194. The molecule has 4 nitrogen and oxygen atoms in total. The van der Waals surface area contributed by atoms with Gasteiger partial charge in [-0.2, -0.15) is 0 Å². The van der Waals surface area contributed by atoms with Crippen LogP contribution in [0.5, 0.6) is 0 Å². The standard InChI is InChI=1S/C14H17BrClN3O/c1-3-20-11-5-10(6-11)19-13(8(2)16)18-12-4-9(15)7-17-14(12)19/h4,7-8,10-11H,3,5-6H2,1-2H3. The molecule has 0 bridgehead atoms. The molecule has 0 spiro atoms. The molecule has 0 amide bonds. The molecule has 0 radical (unpaired) electrons. The number of halogens is 2. The van der Waals surface area contributed by atoms with Gasteiger partial charge in [-0.3, -0.25) is 0 Å². The molecule has 2 aromatic rings. The second kappa shape index (κ2) is 5.62. The molecule has 2 heterocycles.